The van der Waals surface area contributed by atoms with E-state index in [-0.39, 0.29) is 12.5 Å². The fourth-order valence-electron chi connectivity index (χ4n) is 2.77. The molecule has 144 valence electrons. The normalized spacial score (nSPS) is 11.0. The number of amides is 1. The maximum atomic E-state index is 12.1. The fraction of sp³-hybridized carbons (Fsp3) is 0.0909. The van der Waals surface area contributed by atoms with Crippen LogP contribution in [0.2, 0.25) is 0 Å². The molecule has 7 nitrogen and oxygen atoms in total. The number of nitrogens with zero attached hydrogens (tertiary/aromatic N) is 4. The van der Waals surface area contributed by atoms with Crippen molar-refractivity contribution in [2.24, 2.45) is 5.10 Å². The number of hydrogen-bond donors (Lipinski definition) is 1. The molecular formula is C22H19N5O2. The average molecular weight is 385 g/mol. The van der Waals surface area contributed by atoms with Crippen molar-refractivity contribution >= 4 is 23.2 Å². The van der Waals surface area contributed by atoms with Gasteiger partial charge in [0, 0.05) is 5.56 Å². The van der Waals surface area contributed by atoms with Crippen molar-refractivity contribution in [3.05, 3.63) is 90.0 Å². The second-order valence-corrected chi connectivity index (χ2v) is 6.32. The van der Waals surface area contributed by atoms with Crippen molar-refractivity contribution in [3.63, 3.8) is 0 Å². The topological polar surface area (TPSA) is 81.4 Å². The molecule has 7 heteroatoms. The molecule has 4 aromatic rings. The summed E-state index contributed by atoms with van der Waals surface area (Å²) in [5.41, 5.74) is 5.83. The van der Waals surface area contributed by atoms with Gasteiger partial charge in [-0.05, 0) is 29.8 Å². The van der Waals surface area contributed by atoms with Crippen molar-refractivity contribution in [1.82, 2.24) is 20.4 Å². The maximum absolute atomic E-state index is 12.1. The van der Waals surface area contributed by atoms with E-state index in [1.165, 1.54) is 4.80 Å². The number of hydrazone groups is 1. The lowest BCUT2D eigenvalue weighted by atomic mass is 10.2. The van der Waals surface area contributed by atoms with Crippen LogP contribution in [0, 0.1) is 0 Å². The van der Waals surface area contributed by atoms with Gasteiger partial charge in [0.1, 0.15) is 29.9 Å². The van der Waals surface area contributed by atoms with Gasteiger partial charge in [0.25, 0.3) is 5.91 Å². The lowest BCUT2D eigenvalue weighted by Gasteiger charge is -2.09. The summed E-state index contributed by atoms with van der Waals surface area (Å²) in [4.78, 5) is 13.5. The Morgan fingerprint density at radius 2 is 1.59 bits per heavy atom. The van der Waals surface area contributed by atoms with E-state index in [0.29, 0.717) is 12.4 Å². The van der Waals surface area contributed by atoms with Crippen LogP contribution in [0.3, 0.4) is 0 Å². The second kappa shape index (κ2) is 8.79. The van der Waals surface area contributed by atoms with E-state index >= 15 is 0 Å². The Bertz CT molecular complexity index is 1110. The summed E-state index contributed by atoms with van der Waals surface area (Å²) >= 11 is 0. The number of fused-ring (bicyclic) bond motifs is 1. The molecule has 0 aliphatic rings. The van der Waals surface area contributed by atoms with Crippen LogP contribution in [0.5, 0.6) is 5.75 Å². The zero-order valence-corrected chi connectivity index (χ0v) is 15.6. The van der Waals surface area contributed by atoms with Gasteiger partial charge in [0.15, 0.2) is 0 Å². The molecule has 0 fully saturated rings. The standard InChI is InChI=1S/C22H19N5O2/c28-22(15-27-25-19-11-5-6-12-20(19)26-27)24-23-14-18-10-4-7-13-21(18)29-16-17-8-2-1-3-9-17/h1-14H,15-16H2,(H,24,28). The number of benzene rings is 3. The number of hydrogen-bond acceptors (Lipinski definition) is 5. The third-order valence-electron chi connectivity index (χ3n) is 4.16. The van der Waals surface area contributed by atoms with E-state index in [1.54, 1.807) is 6.21 Å². The third kappa shape index (κ3) is 4.84. The molecule has 1 aromatic heterocycles. The lowest BCUT2D eigenvalue weighted by Crippen LogP contribution is -2.24. The highest BCUT2D eigenvalue weighted by molar-refractivity contribution is 5.85. The molecule has 0 saturated carbocycles. The SMILES string of the molecule is O=C(Cn1nc2ccccc2n1)NN=Cc1ccccc1OCc1ccccc1. The van der Waals surface area contributed by atoms with Crippen LogP contribution in [0.4, 0.5) is 0 Å². The number of carbonyl (C=O) groups is 1. The minimum atomic E-state index is -0.316. The monoisotopic (exact) mass is 385 g/mol. The van der Waals surface area contributed by atoms with E-state index in [0.717, 1.165) is 22.2 Å². The highest BCUT2D eigenvalue weighted by Gasteiger charge is 2.06. The number of para-hydroxylation sites is 1. The molecule has 1 heterocycles. The number of nitrogens with one attached hydrogen (secondary N) is 1. The van der Waals surface area contributed by atoms with Crippen LogP contribution in [-0.4, -0.2) is 27.1 Å². The summed E-state index contributed by atoms with van der Waals surface area (Å²) in [7, 11) is 0. The predicted molar refractivity (Wildman–Crippen MR) is 110 cm³/mol. The highest BCUT2D eigenvalue weighted by atomic mass is 16.5. The summed E-state index contributed by atoms with van der Waals surface area (Å²) in [5.74, 6) is 0.374. The van der Waals surface area contributed by atoms with E-state index in [9.17, 15) is 4.79 Å². The van der Waals surface area contributed by atoms with Gasteiger partial charge in [-0.3, -0.25) is 4.79 Å². The molecule has 1 amide bonds. The van der Waals surface area contributed by atoms with Crippen LogP contribution in [-0.2, 0) is 17.9 Å². The predicted octanol–water partition coefficient (Wildman–Crippen LogP) is 3.16. The summed E-state index contributed by atoms with van der Waals surface area (Å²) in [6, 6.07) is 24.9. The van der Waals surface area contributed by atoms with E-state index in [1.807, 2.05) is 78.9 Å². The van der Waals surface area contributed by atoms with Crippen LogP contribution in [0.1, 0.15) is 11.1 Å². The second-order valence-electron chi connectivity index (χ2n) is 6.32. The van der Waals surface area contributed by atoms with Gasteiger partial charge >= 0.3 is 0 Å². The first-order valence-corrected chi connectivity index (χ1v) is 9.15. The minimum Gasteiger partial charge on any atom is -0.488 e. The van der Waals surface area contributed by atoms with E-state index < -0.39 is 0 Å². The van der Waals surface area contributed by atoms with Gasteiger partial charge in [0.05, 0.1) is 6.21 Å². The molecule has 0 atom stereocenters. The molecular weight excluding hydrogens is 366 g/mol. The zero-order chi connectivity index (χ0) is 19.9. The quantitative estimate of drug-likeness (QED) is 0.391. The van der Waals surface area contributed by atoms with Crippen LogP contribution in [0.15, 0.2) is 84.0 Å². The summed E-state index contributed by atoms with van der Waals surface area (Å²) < 4.78 is 5.88. The molecule has 0 bridgehead atoms. The Kier molecular flexibility index (Phi) is 5.57. The first-order chi connectivity index (χ1) is 14.3. The molecule has 0 aliphatic carbocycles. The Morgan fingerprint density at radius 1 is 0.931 bits per heavy atom. The van der Waals surface area contributed by atoms with Crippen molar-refractivity contribution in [2.75, 3.05) is 0 Å². The zero-order valence-electron chi connectivity index (χ0n) is 15.6. The summed E-state index contributed by atoms with van der Waals surface area (Å²) in [5, 5.41) is 12.6. The lowest BCUT2D eigenvalue weighted by molar-refractivity contribution is -0.122. The van der Waals surface area contributed by atoms with Gasteiger partial charge in [-0.1, -0.05) is 54.6 Å². The van der Waals surface area contributed by atoms with Gasteiger partial charge in [-0.2, -0.15) is 20.1 Å². The smallest absolute Gasteiger partial charge is 0.263 e. The van der Waals surface area contributed by atoms with Crippen LogP contribution >= 0.6 is 0 Å². The van der Waals surface area contributed by atoms with Gasteiger partial charge in [0.2, 0.25) is 0 Å². The van der Waals surface area contributed by atoms with Crippen molar-refractivity contribution in [2.45, 2.75) is 13.2 Å². The van der Waals surface area contributed by atoms with Crippen LogP contribution < -0.4 is 10.2 Å². The number of ether oxygens (including phenoxy) is 1. The summed E-state index contributed by atoms with van der Waals surface area (Å²) in [6.45, 7) is 0.439. The Morgan fingerprint density at radius 3 is 2.34 bits per heavy atom. The first kappa shape index (κ1) is 18.4. The molecule has 0 saturated heterocycles. The number of aromatic nitrogens is 3. The van der Waals surface area contributed by atoms with E-state index in [2.05, 4.69) is 20.7 Å². The molecule has 29 heavy (non-hydrogen) atoms. The van der Waals surface area contributed by atoms with Crippen molar-refractivity contribution in [1.29, 1.82) is 0 Å². The summed E-state index contributed by atoms with van der Waals surface area (Å²) in [6.07, 6.45) is 1.56. The van der Waals surface area contributed by atoms with Gasteiger partial charge in [-0.15, -0.1) is 0 Å². The molecule has 0 radical (unpaired) electrons. The van der Waals surface area contributed by atoms with E-state index in [4.69, 9.17) is 4.74 Å². The molecule has 0 unspecified atom stereocenters. The van der Waals surface area contributed by atoms with Crippen LogP contribution in [0.25, 0.3) is 11.0 Å². The minimum absolute atomic E-state index is 0.0157. The molecule has 4 rings (SSSR count). The number of carbonyl (C=O) groups excluding carboxylic acids is 1. The molecule has 1 N–H and O–H groups in total. The first-order valence-electron chi connectivity index (χ1n) is 9.15. The Labute approximate surface area is 167 Å². The van der Waals surface area contributed by atoms with Crippen molar-refractivity contribution in [3.8, 4) is 5.75 Å². The highest BCUT2D eigenvalue weighted by Crippen LogP contribution is 2.17. The molecule has 0 spiro atoms. The van der Waals surface area contributed by atoms with Gasteiger partial charge < -0.3 is 4.74 Å². The molecule has 0 aliphatic heterocycles. The van der Waals surface area contributed by atoms with Crippen molar-refractivity contribution < 1.29 is 9.53 Å². The maximum Gasteiger partial charge on any atom is 0.263 e. The Balaban J connectivity index is 1.35. The Hall–Kier alpha value is -4.00. The molecule has 3 aromatic carbocycles. The number of rotatable bonds is 7. The fourth-order valence-corrected chi connectivity index (χ4v) is 2.77. The van der Waals surface area contributed by atoms with Gasteiger partial charge in [-0.25, -0.2) is 5.43 Å². The average Bonchev–Trinajstić information content (AvgIpc) is 3.16. The third-order valence-corrected chi connectivity index (χ3v) is 4.16. The largest absolute Gasteiger partial charge is 0.488 e.